The van der Waals surface area contributed by atoms with E-state index in [-0.39, 0.29) is 27.8 Å². The fourth-order valence-corrected chi connectivity index (χ4v) is 9.64. The average Bonchev–Trinajstić information content (AvgIpc) is 3.28. The summed E-state index contributed by atoms with van der Waals surface area (Å²) in [7, 11) is -4.07. The van der Waals surface area contributed by atoms with Crippen molar-refractivity contribution < 1.29 is 18.3 Å². The molecule has 9 nitrogen and oxygen atoms in total. The van der Waals surface area contributed by atoms with Gasteiger partial charge >= 0.3 is 0 Å². The highest BCUT2D eigenvalue weighted by Crippen LogP contribution is 2.36. The van der Waals surface area contributed by atoms with Crippen LogP contribution in [-0.2, 0) is 10.0 Å². The number of phenolic OH excluding ortho intramolecular Hbond substituents is 1. The van der Waals surface area contributed by atoms with E-state index >= 15 is 0 Å². The van der Waals surface area contributed by atoms with E-state index in [1.54, 1.807) is 24.3 Å². The molecule has 0 aliphatic rings. The number of carbonyl (C=O) groups excluding carboxylic acids is 1. The monoisotopic (exact) mass is 878 g/mol. The van der Waals surface area contributed by atoms with Gasteiger partial charge in [0.25, 0.3) is 15.9 Å². The molecule has 0 fully saturated rings. The lowest BCUT2D eigenvalue weighted by atomic mass is 10.0. The third-order valence-corrected chi connectivity index (χ3v) is 13.9. The highest BCUT2D eigenvalue weighted by atomic mass is 32.2. The molecule has 1 aromatic heterocycles. The van der Waals surface area contributed by atoms with Crippen LogP contribution in [0.3, 0.4) is 0 Å². The number of hydrogen-bond donors (Lipinski definition) is 4. The number of aromatic nitrogens is 1. The van der Waals surface area contributed by atoms with Crippen molar-refractivity contribution in [2.45, 2.75) is 224 Å². The van der Waals surface area contributed by atoms with Crippen LogP contribution in [0.25, 0.3) is 10.8 Å². The maximum Gasteiger partial charge on any atom is 0.263 e. The van der Waals surface area contributed by atoms with E-state index in [9.17, 15) is 18.3 Å². The number of carbonyl (C=O) groups is 1. The van der Waals surface area contributed by atoms with Crippen LogP contribution in [0.4, 0.5) is 11.5 Å². The largest absolute Gasteiger partial charge is 0.506 e. The maximum atomic E-state index is 14.4. The van der Waals surface area contributed by atoms with Crippen molar-refractivity contribution in [2.24, 2.45) is 5.84 Å². The molecule has 0 saturated heterocycles. The van der Waals surface area contributed by atoms with Crippen molar-refractivity contribution >= 4 is 38.2 Å². The van der Waals surface area contributed by atoms with Gasteiger partial charge in [-0.3, -0.25) is 9.52 Å². The predicted molar refractivity (Wildman–Crippen MR) is 263 cm³/mol. The molecule has 62 heavy (non-hydrogen) atoms. The van der Waals surface area contributed by atoms with E-state index in [1.165, 1.54) is 191 Å². The Balaban J connectivity index is 1.53. The van der Waals surface area contributed by atoms with Crippen LogP contribution in [-0.4, -0.2) is 42.4 Å². The number of amides is 1. The minimum atomic E-state index is -4.07. The fourth-order valence-electron chi connectivity index (χ4n) is 8.62. The molecule has 0 radical (unpaired) electrons. The van der Waals surface area contributed by atoms with Crippen molar-refractivity contribution in [2.75, 3.05) is 23.2 Å². The molecule has 1 heterocycles. The molecule has 3 aromatic rings. The van der Waals surface area contributed by atoms with E-state index < -0.39 is 10.0 Å². The number of unbranched alkanes of at least 4 members (excludes halogenated alkanes) is 30. The van der Waals surface area contributed by atoms with Gasteiger partial charge in [-0.05, 0) is 31.0 Å². The number of fused-ring (bicyclic) bond motifs is 1. The molecule has 10 heteroatoms. The fraction of sp³-hybridized carbons (Fsp3) is 0.692. The van der Waals surface area contributed by atoms with Gasteiger partial charge in [0.05, 0.1) is 11.3 Å². The Bertz CT molecular complexity index is 1680. The third-order valence-electron chi connectivity index (χ3n) is 12.5. The summed E-state index contributed by atoms with van der Waals surface area (Å²) in [6.45, 7) is 5.77. The van der Waals surface area contributed by atoms with Crippen molar-refractivity contribution in [1.29, 1.82) is 0 Å². The summed E-state index contributed by atoms with van der Waals surface area (Å²) in [6.07, 6.45) is 42.5. The highest BCUT2D eigenvalue weighted by Gasteiger charge is 2.24. The van der Waals surface area contributed by atoms with Gasteiger partial charge < -0.3 is 15.4 Å². The smallest absolute Gasteiger partial charge is 0.263 e. The second-order valence-corrected chi connectivity index (χ2v) is 19.6. The topological polar surface area (TPSA) is 138 Å². The number of hydrogen-bond acceptors (Lipinski definition) is 7. The van der Waals surface area contributed by atoms with Gasteiger partial charge in [0.15, 0.2) is 0 Å². The zero-order valence-electron chi connectivity index (χ0n) is 39.2. The number of nitrogen functional groups attached to an aromatic ring is 1. The minimum absolute atomic E-state index is 0.0462. The Morgan fingerprint density at radius 1 is 0.581 bits per heavy atom. The molecular formula is C52H87N5O4S. The Labute approximate surface area is 378 Å². The van der Waals surface area contributed by atoms with E-state index in [0.717, 1.165) is 38.5 Å². The van der Waals surface area contributed by atoms with Crippen LogP contribution >= 0.6 is 0 Å². The van der Waals surface area contributed by atoms with Crippen molar-refractivity contribution in [3.8, 4) is 5.75 Å². The number of pyridine rings is 1. The number of nitrogens with one attached hydrogen (secondary N) is 2. The number of aromatic hydroxyl groups is 1. The molecular weight excluding hydrogens is 791 g/mol. The van der Waals surface area contributed by atoms with E-state index in [1.807, 2.05) is 4.90 Å². The summed E-state index contributed by atoms with van der Waals surface area (Å²) in [5.74, 6) is 5.37. The molecule has 3 rings (SSSR count). The molecule has 0 unspecified atom stereocenters. The number of phenols is 1. The molecule has 2 aromatic carbocycles. The van der Waals surface area contributed by atoms with Crippen LogP contribution < -0.4 is 16.0 Å². The SMILES string of the molecule is CCCCCCCCCCCCCCCCCCN(CCCCCCCCCCCCCCCCCC)C(=O)c1cc(NS(=O)(=O)c2ccc(NN)nc2)c2ccccc2c1O. The Hall–Kier alpha value is -3.37. The van der Waals surface area contributed by atoms with Crippen LogP contribution in [0, 0.1) is 0 Å². The predicted octanol–water partition coefficient (Wildman–Crippen LogP) is 15.0. The van der Waals surface area contributed by atoms with Crippen LogP contribution in [0.1, 0.15) is 230 Å². The summed E-state index contributed by atoms with van der Waals surface area (Å²) in [5.41, 5.74) is 2.74. The van der Waals surface area contributed by atoms with Crippen LogP contribution in [0.5, 0.6) is 5.75 Å². The van der Waals surface area contributed by atoms with Gasteiger partial charge in [-0.15, -0.1) is 0 Å². The number of rotatable bonds is 39. The summed E-state index contributed by atoms with van der Waals surface area (Å²) < 4.78 is 29.8. The first-order valence-electron chi connectivity index (χ1n) is 25.3. The number of benzene rings is 2. The lowest BCUT2D eigenvalue weighted by molar-refractivity contribution is 0.0746. The molecule has 0 saturated carbocycles. The molecule has 0 aliphatic carbocycles. The number of hydrazine groups is 1. The standard InChI is InChI=1S/C52H87N5O4S/c1-3-5-7-9-11-13-15-17-19-21-23-25-27-29-31-35-41-57(42-36-32-30-28-26-24-22-20-18-16-14-12-10-8-6-4-2)52(59)48-43-49(46-37-33-34-38-47(46)51(48)58)56-62(60,61)45-39-40-50(55-53)54-44-45/h33-34,37-40,43-44,56,58H,3-32,35-36,41-42,53H2,1-2H3,(H,54,55). The first-order valence-corrected chi connectivity index (χ1v) is 26.8. The second kappa shape index (κ2) is 33.2. The number of nitrogens with zero attached hydrogens (tertiary/aromatic N) is 2. The van der Waals surface area contributed by atoms with Gasteiger partial charge in [0.2, 0.25) is 0 Å². The molecule has 0 aliphatic heterocycles. The van der Waals surface area contributed by atoms with Crippen molar-refractivity contribution in [3.63, 3.8) is 0 Å². The van der Waals surface area contributed by atoms with Crippen LogP contribution in [0.2, 0.25) is 0 Å². The van der Waals surface area contributed by atoms with Gasteiger partial charge in [-0.1, -0.05) is 231 Å². The van der Waals surface area contributed by atoms with Gasteiger partial charge in [-0.25, -0.2) is 19.2 Å². The molecule has 1 amide bonds. The Kier molecular flexibility index (Phi) is 28.4. The quantitative estimate of drug-likeness (QED) is 0.0194. The average molecular weight is 878 g/mol. The maximum absolute atomic E-state index is 14.4. The Morgan fingerprint density at radius 2 is 0.968 bits per heavy atom. The number of anilines is 2. The highest BCUT2D eigenvalue weighted by molar-refractivity contribution is 7.92. The first-order chi connectivity index (χ1) is 30.3. The van der Waals surface area contributed by atoms with Crippen molar-refractivity contribution in [1.82, 2.24) is 9.88 Å². The van der Waals surface area contributed by atoms with Gasteiger partial charge in [0, 0.05) is 30.1 Å². The molecule has 0 atom stereocenters. The normalized spacial score (nSPS) is 11.7. The lowest BCUT2D eigenvalue weighted by Crippen LogP contribution is -2.33. The molecule has 5 N–H and O–H groups in total. The zero-order valence-corrected chi connectivity index (χ0v) is 40.0. The summed E-state index contributed by atoms with van der Waals surface area (Å²) in [5, 5.41) is 12.5. The number of sulfonamides is 1. The van der Waals surface area contributed by atoms with E-state index in [0.29, 0.717) is 29.7 Å². The molecule has 350 valence electrons. The second-order valence-electron chi connectivity index (χ2n) is 17.9. The van der Waals surface area contributed by atoms with Crippen LogP contribution in [0.15, 0.2) is 53.6 Å². The third kappa shape index (κ3) is 21.3. The zero-order chi connectivity index (χ0) is 44.5. The molecule has 0 bridgehead atoms. The Morgan fingerprint density at radius 3 is 1.34 bits per heavy atom. The van der Waals surface area contributed by atoms with E-state index in [2.05, 4.69) is 29.0 Å². The lowest BCUT2D eigenvalue weighted by Gasteiger charge is -2.24. The molecule has 0 spiro atoms. The van der Waals surface area contributed by atoms with E-state index in [4.69, 9.17) is 5.84 Å². The van der Waals surface area contributed by atoms with Gasteiger partial charge in [-0.2, -0.15) is 0 Å². The minimum Gasteiger partial charge on any atom is -0.506 e. The summed E-state index contributed by atoms with van der Waals surface area (Å²) >= 11 is 0. The summed E-state index contributed by atoms with van der Waals surface area (Å²) in [6, 6.07) is 11.4. The van der Waals surface area contributed by atoms with Crippen molar-refractivity contribution in [3.05, 3.63) is 54.2 Å². The number of nitrogens with two attached hydrogens (primary N) is 1. The van der Waals surface area contributed by atoms with Gasteiger partial charge in [0.1, 0.15) is 16.5 Å². The first kappa shape index (κ1) is 53.0. The summed E-state index contributed by atoms with van der Waals surface area (Å²) in [4.78, 5) is 20.3.